The molecule has 5 rings (SSSR count). The zero-order chi connectivity index (χ0) is 33.6. The van der Waals surface area contributed by atoms with Crippen molar-refractivity contribution in [2.24, 2.45) is 0 Å². The van der Waals surface area contributed by atoms with Crippen molar-refractivity contribution >= 4 is 33.4 Å². The predicted molar refractivity (Wildman–Crippen MR) is 142 cm³/mol. The Morgan fingerprint density at radius 2 is 0.804 bits per heavy atom. The number of nitriles is 6. The van der Waals surface area contributed by atoms with Gasteiger partial charge in [-0.1, -0.05) is 0 Å². The molecule has 10 nitrogen and oxygen atoms in total. The number of aromatic nitrogens is 4. The van der Waals surface area contributed by atoms with Crippen LogP contribution >= 0.6 is 0 Å². The third kappa shape index (κ3) is 4.66. The van der Waals surface area contributed by atoms with Crippen molar-refractivity contribution in [2.75, 3.05) is 0 Å². The largest absolute Gasteiger partial charge is 0.451 e. The predicted octanol–water partition coefficient (Wildman–Crippen LogP) is 5.80. The van der Waals surface area contributed by atoms with E-state index in [1.165, 1.54) is 12.1 Å². The summed E-state index contributed by atoms with van der Waals surface area (Å²) in [5.41, 5.74) is -2.66. The molecule has 0 unspecified atom stereocenters. The number of rotatable bonds is 2. The fourth-order valence-electron chi connectivity index (χ4n) is 5.03. The Morgan fingerprint density at radius 1 is 0.500 bits per heavy atom. The minimum absolute atomic E-state index is 0.00378. The van der Waals surface area contributed by atoms with Gasteiger partial charge in [0.25, 0.3) is 0 Å². The molecule has 0 amide bonds. The molecule has 2 aliphatic carbocycles. The smallest absolute Gasteiger partial charge is 0.232 e. The van der Waals surface area contributed by atoms with Crippen LogP contribution in [0.5, 0.6) is 0 Å². The molecule has 0 radical (unpaired) electrons. The Bertz CT molecular complexity index is 2070. The first-order valence-electron chi connectivity index (χ1n) is 12.2. The van der Waals surface area contributed by atoms with Gasteiger partial charge in [0.1, 0.15) is 47.6 Å². The first-order valence-corrected chi connectivity index (χ1v) is 12.2. The van der Waals surface area contributed by atoms with Crippen LogP contribution in [0.3, 0.4) is 0 Å². The van der Waals surface area contributed by atoms with Crippen LogP contribution in [0.2, 0.25) is 0 Å². The molecular formula is C30H6F6N10. The number of allylic oxidation sites excluding steroid dienone is 8. The molecule has 218 valence electrons. The van der Waals surface area contributed by atoms with Crippen molar-refractivity contribution in [3.8, 4) is 36.4 Å². The lowest BCUT2D eigenvalue weighted by Gasteiger charge is -2.11. The van der Waals surface area contributed by atoms with Gasteiger partial charge in [-0.3, -0.25) is 0 Å². The summed E-state index contributed by atoms with van der Waals surface area (Å²) >= 11 is 0. The average molecular weight is 620 g/mol. The third-order valence-electron chi connectivity index (χ3n) is 6.79. The highest BCUT2D eigenvalue weighted by atomic mass is 19.4. The maximum atomic E-state index is 13.1. The standard InChI is InChI=1S/C30H6F6N10/c31-29(32,33)27-43-9-15(10-44-27)25-21(7-41)17-1-19-18(2-20(17)24(25)14(5-39)6-40)22(8-42)26(23(19)13(3-37)4-38)16-11-45-28(46-12-16)30(34,35)36/h1-2,9-12H. The van der Waals surface area contributed by atoms with Crippen molar-refractivity contribution in [3.05, 3.63) is 93.1 Å². The van der Waals surface area contributed by atoms with E-state index >= 15 is 0 Å². The van der Waals surface area contributed by atoms with E-state index in [2.05, 4.69) is 19.9 Å². The van der Waals surface area contributed by atoms with Crippen LogP contribution in [0.15, 0.2) is 48.1 Å². The van der Waals surface area contributed by atoms with Gasteiger partial charge in [-0.15, -0.1) is 0 Å². The molecule has 2 heterocycles. The van der Waals surface area contributed by atoms with Gasteiger partial charge in [0.05, 0.1) is 11.1 Å². The van der Waals surface area contributed by atoms with E-state index in [9.17, 15) is 57.9 Å². The van der Waals surface area contributed by atoms with Crippen LogP contribution in [0.4, 0.5) is 26.3 Å². The first-order chi connectivity index (χ1) is 21.8. The van der Waals surface area contributed by atoms with E-state index in [0.717, 1.165) is 24.8 Å². The van der Waals surface area contributed by atoms with Crippen molar-refractivity contribution in [2.45, 2.75) is 12.4 Å². The van der Waals surface area contributed by atoms with Gasteiger partial charge in [0.15, 0.2) is 0 Å². The molecule has 0 saturated carbocycles. The highest BCUT2D eigenvalue weighted by Gasteiger charge is 2.39. The van der Waals surface area contributed by atoms with Gasteiger partial charge in [0, 0.05) is 69.3 Å². The molecule has 16 heteroatoms. The molecule has 0 bridgehead atoms. The molecular weight excluding hydrogens is 614 g/mol. The lowest BCUT2D eigenvalue weighted by molar-refractivity contribution is -0.145. The van der Waals surface area contributed by atoms with E-state index < -0.39 is 35.1 Å². The van der Waals surface area contributed by atoms with Gasteiger partial charge in [-0.25, -0.2) is 19.9 Å². The van der Waals surface area contributed by atoms with Crippen LogP contribution in [-0.4, -0.2) is 19.9 Å². The fraction of sp³-hybridized carbons (Fsp3) is 0.0667. The molecule has 3 aromatic rings. The molecule has 0 atom stereocenters. The number of hydrogen-bond acceptors (Lipinski definition) is 10. The van der Waals surface area contributed by atoms with E-state index in [4.69, 9.17) is 0 Å². The number of benzene rings is 1. The Hall–Kier alpha value is -7.14. The summed E-state index contributed by atoms with van der Waals surface area (Å²) in [6.45, 7) is 0. The summed E-state index contributed by atoms with van der Waals surface area (Å²) in [6.07, 6.45) is -6.77. The summed E-state index contributed by atoms with van der Waals surface area (Å²) in [6, 6.07) is 13.0. The molecule has 46 heavy (non-hydrogen) atoms. The third-order valence-corrected chi connectivity index (χ3v) is 6.79. The molecule has 0 spiro atoms. The molecule has 0 fully saturated rings. The van der Waals surface area contributed by atoms with Crippen LogP contribution in [0.1, 0.15) is 45.0 Å². The minimum atomic E-state index is -4.90. The van der Waals surface area contributed by atoms with Crippen LogP contribution in [0.25, 0.3) is 33.4 Å². The SMILES string of the molecule is N#CC(C#N)=C1C(c2cnc(C(F)(F)F)nc2)=C(C#N)c2cc3c(cc21)C(C#N)=C(c1cnc(C(F)(F)F)nc1)C3=C(C#N)C#N. The van der Waals surface area contributed by atoms with Crippen molar-refractivity contribution in [3.63, 3.8) is 0 Å². The summed E-state index contributed by atoms with van der Waals surface area (Å²) in [7, 11) is 0. The molecule has 0 aliphatic heterocycles. The monoisotopic (exact) mass is 620 g/mol. The van der Waals surface area contributed by atoms with Crippen LogP contribution in [-0.2, 0) is 12.4 Å². The van der Waals surface area contributed by atoms with E-state index in [1.807, 2.05) is 12.1 Å². The van der Waals surface area contributed by atoms with Gasteiger partial charge < -0.3 is 0 Å². The lowest BCUT2D eigenvalue weighted by Crippen LogP contribution is -2.10. The Kier molecular flexibility index (Phi) is 7.15. The molecule has 0 N–H and O–H groups in total. The first kappa shape index (κ1) is 30.3. The van der Waals surface area contributed by atoms with Crippen molar-refractivity contribution < 1.29 is 26.3 Å². The normalized spacial score (nSPS) is 13.5. The molecule has 0 saturated heterocycles. The lowest BCUT2D eigenvalue weighted by atomic mass is 9.90. The Balaban J connectivity index is 1.85. The number of halogens is 6. The molecule has 1 aromatic carbocycles. The second kappa shape index (κ2) is 10.8. The summed E-state index contributed by atoms with van der Waals surface area (Å²) in [4.78, 5) is 13.2. The minimum Gasteiger partial charge on any atom is -0.232 e. The van der Waals surface area contributed by atoms with Gasteiger partial charge >= 0.3 is 12.4 Å². The van der Waals surface area contributed by atoms with Crippen LogP contribution < -0.4 is 0 Å². The number of hydrogen-bond donors (Lipinski definition) is 0. The van der Waals surface area contributed by atoms with Crippen molar-refractivity contribution in [1.82, 2.24) is 19.9 Å². The number of alkyl halides is 6. The van der Waals surface area contributed by atoms with Gasteiger partial charge in [-0.05, 0) is 23.3 Å². The van der Waals surface area contributed by atoms with E-state index in [0.29, 0.717) is 0 Å². The number of nitrogens with zero attached hydrogens (tertiary/aromatic N) is 10. The zero-order valence-electron chi connectivity index (χ0n) is 22.2. The highest BCUT2D eigenvalue weighted by molar-refractivity contribution is 6.29. The quantitative estimate of drug-likeness (QED) is 0.249. The summed E-state index contributed by atoms with van der Waals surface area (Å²) in [5.74, 6) is -2.98. The zero-order valence-corrected chi connectivity index (χ0v) is 22.2. The second-order valence-corrected chi connectivity index (χ2v) is 9.20. The Morgan fingerprint density at radius 3 is 1.04 bits per heavy atom. The molecule has 2 aliphatic rings. The molecule has 2 aromatic heterocycles. The second-order valence-electron chi connectivity index (χ2n) is 9.20. The van der Waals surface area contributed by atoms with E-state index in [1.54, 1.807) is 24.3 Å². The summed E-state index contributed by atoms with van der Waals surface area (Å²) in [5, 5.41) is 59.5. The van der Waals surface area contributed by atoms with Crippen molar-refractivity contribution in [1.29, 1.82) is 31.6 Å². The number of fused-ring (bicyclic) bond motifs is 2. The van der Waals surface area contributed by atoms with Crippen LogP contribution in [0, 0.1) is 68.0 Å². The highest BCUT2D eigenvalue weighted by Crippen LogP contribution is 2.54. The Labute approximate surface area is 253 Å². The fourth-order valence-corrected chi connectivity index (χ4v) is 5.03. The average Bonchev–Trinajstić information content (AvgIpc) is 3.52. The van der Waals surface area contributed by atoms with Gasteiger partial charge in [-0.2, -0.15) is 57.9 Å². The maximum absolute atomic E-state index is 13.1. The maximum Gasteiger partial charge on any atom is 0.451 e. The summed E-state index contributed by atoms with van der Waals surface area (Å²) < 4.78 is 78.8. The topological polar surface area (TPSA) is 194 Å². The van der Waals surface area contributed by atoms with E-state index in [-0.39, 0.29) is 66.8 Å². The van der Waals surface area contributed by atoms with Gasteiger partial charge in [0.2, 0.25) is 11.6 Å².